The summed E-state index contributed by atoms with van der Waals surface area (Å²) >= 11 is 0. The molecule has 0 bridgehead atoms. The van der Waals surface area contributed by atoms with E-state index in [0.29, 0.717) is 0 Å². The third-order valence-corrected chi connectivity index (χ3v) is 0.333. The number of rotatable bonds is 0. The van der Waals surface area contributed by atoms with Crippen molar-refractivity contribution in [2.24, 2.45) is 0 Å². The van der Waals surface area contributed by atoms with Crippen LogP contribution < -0.4 is 0 Å². The van der Waals surface area contributed by atoms with Crippen LogP contribution in [0, 0.1) is 0 Å². The van der Waals surface area contributed by atoms with Gasteiger partial charge in [0.05, 0.1) is 14.2 Å². The minimum absolute atomic E-state index is 0. The zero-order valence-electron chi connectivity index (χ0n) is 6.43. The molecule has 0 aromatic carbocycles. The standard InChI is InChI=1S/C3H6O3.Ca.2H/c1-5-3(4)6-2;;;/h1-2H3;;;/q;+2;2*-1. The molecule has 0 amide bonds. The van der Waals surface area contributed by atoms with Crippen LogP contribution >= 0.6 is 0 Å². The molecule has 0 saturated carbocycles. The number of methoxy groups -OCH3 is 2. The van der Waals surface area contributed by atoms with Gasteiger partial charge in [-0.15, -0.1) is 0 Å². The van der Waals surface area contributed by atoms with Gasteiger partial charge < -0.3 is 12.3 Å². The molecule has 0 spiro atoms. The Kier molecular flexibility index (Phi) is 9.79. The Hall–Kier alpha value is 0.530. The number of hydrogen-bond donors (Lipinski definition) is 0. The molecular formula is C3H8CaO3. The van der Waals surface area contributed by atoms with Crippen LogP contribution in [-0.2, 0) is 9.47 Å². The van der Waals surface area contributed by atoms with E-state index in [1.54, 1.807) is 0 Å². The molecule has 0 unspecified atom stereocenters. The maximum absolute atomic E-state index is 9.74. The normalized spacial score (nSPS) is 6.00. The zero-order chi connectivity index (χ0) is 4.99. The molecule has 0 atom stereocenters. The average Bonchev–Trinajstić information content (AvgIpc) is 1.65. The van der Waals surface area contributed by atoms with Crippen LogP contribution in [0.15, 0.2) is 0 Å². The Bertz CT molecular complexity index is 55.0. The topological polar surface area (TPSA) is 35.5 Å². The summed E-state index contributed by atoms with van der Waals surface area (Å²) in [7, 11) is 2.51. The fourth-order valence-electron chi connectivity index (χ4n) is 0.0833. The average molecular weight is 132 g/mol. The van der Waals surface area contributed by atoms with Crippen molar-refractivity contribution in [2.45, 2.75) is 0 Å². The van der Waals surface area contributed by atoms with Crippen molar-refractivity contribution in [3.8, 4) is 0 Å². The first-order chi connectivity index (χ1) is 2.81. The van der Waals surface area contributed by atoms with Gasteiger partial charge in [-0.2, -0.15) is 0 Å². The molecule has 0 aliphatic rings. The minimum Gasteiger partial charge on any atom is -1.00 e. The molecule has 3 nitrogen and oxygen atoms in total. The summed E-state index contributed by atoms with van der Waals surface area (Å²) in [5, 5.41) is 0. The molecule has 0 aromatic rings. The van der Waals surface area contributed by atoms with Gasteiger partial charge in [-0.3, -0.25) is 0 Å². The van der Waals surface area contributed by atoms with E-state index in [1.807, 2.05) is 0 Å². The molecule has 0 N–H and O–H groups in total. The molecule has 0 aromatic heterocycles. The molecule has 4 heteroatoms. The van der Waals surface area contributed by atoms with Gasteiger partial charge in [0.1, 0.15) is 0 Å². The Morgan fingerprint density at radius 1 is 1.43 bits per heavy atom. The van der Waals surface area contributed by atoms with Crippen LogP contribution in [0.1, 0.15) is 2.85 Å². The second kappa shape index (κ2) is 6.53. The smallest absolute Gasteiger partial charge is 1.00 e. The quantitative estimate of drug-likeness (QED) is 0.350. The second-order valence-corrected chi connectivity index (χ2v) is 0.658. The van der Waals surface area contributed by atoms with Crippen LogP contribution in [0.2, 0.25) is 0 Å². The SMILES string of the molecule is COC(=O)OC.[Ca+2].[H-].[H-]. The van der Waals surface area contributed by atoms with Gasteiger partial charge in [0.15, 0.2) is 0 Å². The van der Waals surface area contributed by atoms with Crippen molar-refractivity contribution < 1.29 is 17.1 Å². The van der Waals surface area contributed by atoms with Crippen molar-refractivity contribution in [1.82, 2.24) is 0 Å². The molecule has 0 fully saturated rings. The van der Waals surface area contributed by atoms with Gasteiger partial charge >= 0.3 is 43.9 Å². The Labute approximate surface area is 74.9 Å². The molecule has 40 valence electrons. The zero-order valence-corrected chi connectivity index (χ0v) is 6.64. The minimum atomic E-state index is -0.657. The summed E-state index contributed by atoms with van der Waals surface area (Å²) in [5.74, 6) is 0. The second-order valence-electron chi connectivity index (χ2n) is 0.658. The third-order valence-electron chi connectivity index (χ3n) is 0.333. The third kappa shape index (κ3) is 6.53. The van der Waals surface area contributed by atoms with Crippen molar-refractivity contribution in [3.05, 3.63) is 0 Å². The van der Waals surface area contributed by atoms with E-state index in [9.17, 15) is 4.79 Å². The van der Waals surface area contributed by atoms with Gasteiger partial charge in [0.25, 0.3) is 0 Å². The first-order valence-corrected chi connectivity index (χ1v) is 1.43. The first-order valence-electron chi connectivity index (χ1n) is 1.43. The number of carbonyl (C=O) groups is 1. The van der Waals surface area contributed by atoms with Crippen molar-refractivity contribution in [1.29, 1.82) is 0 Å². The molecule has 0 radical (unpaired) electrons. The van der Waals surface area contributed by atoms with Gasteiger partial charge in [-0.1, -0.05) is 0 Å². The number of hydrogen-bond acceptors (Lipinski definition) is 3. The van der Waals surface area contributed by atoms with Crippen LogP contribution in [0.3, 0.4) is 0 Å². The molecular weight excluding hydrogens is 124 g/mol. The van der Waals surface area contributed by atoms with Crippen LogP contribution in [0.4, 0.5) is 4.79 Å². The molecule has 0 heterocycles. The van der Waals surface area contributed by atoms with Crippen molar-refractivity contribution >= 4 is 43.9 Å². The van der Waals surface area contributed by atoms with E-state index in [-0.39, 0.29) is 40.6 Å². The van der Waals surface area contributed by atoms with Crippen LogP contribution in [0.5, 0.6) is 0 Å². The fraction of sp³-hybridized carbons (Fsp3) is 0.667. The molecule has 0 aliphatic carbocycles. The summed E-state index contributed by atoms with van der Waals surface area (Å²) in [5.41, 5.74) is 0. The van der Waals surface area contributed by atoms with E-state index in [0.717, 1.165) is 0 Å². The Balaban J connectivity index is -0.0000000417. The Morgan fingerprint density at radius 2 is 1.71 bits per heavy atom. The predicted octanol–water partition coefficient (Wildman–Crippen LogP) is 0.243. The maximum Gasteiger partial charge on any atom is 2.00 e. The number of ether oxygens (including phenoxy) is 2. The summed E-state index contributed by atoms with van der Waals surface area (Å²) in [6.45, 7) is 0. The molecule has 0 rings (SSSR count). The molecule has 0 saturated heterocycles. The monoisotopic (exact) mass is 132 g/mol. The maximum atomic E-state index is 9.74. The predicted molar refractivity (Wildman–Crippen MR) is 27.4 cm³/mol. The summed E-state index contributed by atoms with van der Waals surface area (Å²) < 4.78 is 8.08. The summed E-state index contributed by atoms with van der Waals surface area (Å²) in [4.78, 5) is 9.74. The fourth-order valence-corrected chi connectivity index (χ4v) is 0.0833. The van der Waals surface area contributed by atoms with Crippen LogP contribution in [0.25, 0.3) is 0 Å². The molecule has 7 heavy (non-hydrogen) atoms. The van der Waals surface area contributed by atoms with Crippen molar-refractivity contribution in [3.63, 3.8) is 0 Å². The van der Waals surface area contributed by atoms with Gasteiger partial charge in [-0.25, -0.2) is 4.79 Å². The van der Waals surface area contributed by atoms with Crippen LogP contribution in [-0.4, -0.2) is 58.1 Å². The Morgan fingerprint density at radius 3 is 1.71 bits per heavy atom. The van der Waals surface area contributed by atoms with Gasteiger partial charge in [-0.05, 0) is 0 Å². The van der Waals surface area contributed by atoms with E-state index in [2.05, 4.69) is 9.47 Å². The van der Waals surface area contributed by atoms with E-state index in [1.165, 1.54) is 14.2 Å². The summed E-state index contributed by atoms with van der Waals surface area (Å²) in [6.07, 6.45) is -0.657. The first kappa shape index (κ1) is 10.5. The summed E-state index contributed by atoms with van der Waals surface area (Å²) in [6, 6.07) is 0. The van der Waals surface area contributed by atoms with Gasteiger partial charge in [0.2, 0.25) is 0 Å². The van der Waals surface area contributed by atoms with E-state index in [4.69, 9.17) is 0 Å². The number of carbonyl (C=O) groups excluding carboxylic acids is 1. The molecule has 0 aliphatic heterocycles. The largest absolute Gasteiger partial charge is 2.00 e. The van der Waals surface area contributed by atoms with Gasteiger partial charge in [0, 0.05) is 0 Å². The van der Waals surface area contributed by atoms with E-state index >= 15 is 0 Å². The van der Waals surface area contributed by atoms with Crippen molar-refractivity contribution in [2.75, 3.05) is 14.2 Å². The van der Waals surface area contributed by atoms with E-state index < -0.39 is 6.16 Å².